The van der Waals surface area contributed by atoms with E-state index in [1.54, 1.807) is 18.6 Å². The van der Waals surface area contributed by atoms with Gasteiger partial charge in [0, 0.05) is 65.7 Å². The van der Waals surface area contributed by atoms with E-state index in [1.807, 2.05) is 0 Å². The summed E-state index contributed by atoms with van der Waals surface area (Å²) in [6.07, 6.45) is 8.51. The van der Waals surface area contributed by atoms with Gasteiger partial charge in [-0.25, -0.2) is 0 Å². The van der Waals surface area contributed by atoms with Gasteiger partial charge in [0.2, 0.25) is 0 Å². The maximum Gasteiger partial charge on any atom is 0.0991 e. The molecule has 2 aliphatic rings. The van der Waals surface area contributed by atoms with Gasteiger partial charge in [-0.15, -0.1) is 0 Å². The van der Waals surface area contributed by atoms with Crippen molar-refractivity contribution in [3.05, 3.63) is 69.7 Å². The van der Waals surface area contributed by atoms with Crippen molar-refractivity contribution in [2.75, 3.05) is 13.1 Å². The van der Waals surface area contributed by atoms with Gasteiger partial charge in [-0.1, -0.05) is 24.2 Å². The number of benzene rings is 1. The Kier molecular flexibility index (Phi) is 5.26. The number of rotatable bonds is 4. The third-order valence-corrected chi connectivity index (χ3v) is 6.17. The normalized spacial score (nSPS) is 19.1. The van der Waals surface area contributed by atoms with Crippen molar-refractivity contribution < 1.29 is 0 Å². The van der Waals surface area contributed by atoms with Gasteiger partial charge in [0.15, 0.2) is 0 Å². The van der Waals surface area contributed by atoms with Crippen LogP contribution in [0.15, 0.2) is 41.9 Å². The number of nitrogens with zero attached hydrogens (tertiary/aromatic N) is 7. The van der Waals surface area contributed by atoms with Gasteiger partial charge in [-0.2, -0.15) is 0 Å². The van der Waals surface area contributed by atoms with Crippen molar-refractivity contribution >= 4 is 10.9 Å². The number of hydrogen-bond donors (Lipinski definition) is 0. The van der Waals surface area contributed by atoms with Crippen molar-refractivity contribution in [3.8, 4) is 0 Å². The molecule has 0 N–H and O–H groups in total. The Labute approximate surface area is 171 Å². The molecule has 29 heavy (non-hydrogen) atoms. The molecule has 2 atom stereocenters. The Morgan fingerprint density at radius 1 is 1.31 bits per heavy atom. The molecule has 150 valence electrons. The third kappa shape index (κ3) is 3.26. The molecule has 4 heterocycles. The van der Waals surface area contributed by atoms with Crippen LogP contribution in [0.3, 0.4) is 0 Å². The van der Waals surface area contributed by atoms with Crippen LogP contribution in [0, 0.1) is 6.92 Å². The molecule has 7 nitrogen and oxygen atoms in total. The number of aromatic nitrogens is 3. The van der Waals surface area contributed by atoms with Gasteiger partial charge in [0.1, 0.15) is 0 Å². The van der Waals surface area contributed by atoms with E-state index in [9.17, 15) is 0 Å². The predicted molar refractivity (Wildman–Crippen MR) is 115 cm³/mol. The van der Waals surface area contributed by atoms with Crippen molar-refractivity contribution in [2.24, 2.45) is 5.11 Å². The summed E-state index contributed by atoms with van der Waals surface area (Å²) >= 11 is 0. The van der Waals surface area contributed by atoms with Crippen molar-refractivity contribution in [3.63, 3.8) is 0 Å². The summed E-state index contributed by atoms with van der Waals surface area (Å²) in [5.41, 5.74) is 15.2. The lowest BCUT2D eigenvalue weighted by atomic mass is 9.95. The lowest BCUT2D eigenvalue weighted by Crippen LogP contribution is -2.31. The zero-order valence-electron chi connectivity index (χ0n) is 16.0. The van der Waals surface area contributed by atoms with Crippen LogP contribution >= 0.6 is 0 Å². The summed E-state index contributed by atoms with van der Waals surface area (Å²) in [7, 11) is 0. The average molecular weight is 390 g/mol. The molecular formula is C22H27N7. The molecule has 2 unspecified atom stereocenters. The fourth-order valence-corrected chi connectivity index (χ4v) is 4.97. The minimum absolute atomic E-state index is 0. The van der Waals surface area contributed by atoms with Crippen LogP contribution in [0.1, 0.15) is 54.9 Å². The number of azide groups is 1. The highest BCUT2D eigenvalue weighted by Crippen LogP contribution is 2.43. The first kappa shape index (κ1) is 19.4. The van der Waals surface area contributed by atoms with E-state index in [0.29, 0.717) is 18.3 Å². The van der Waals surface area contributed by atoms with Crippen molar-refractivity contribution in [2.45, 2.75) is 52.2 Å². The van der Waals surface area contributed by atoms with E-state index in [-0.39, 0.29) is 13.5 Å². The molecule has 7 heteroatoms. The van der Waals surface area contributed by atoms with Gasteiger partial charge in [0.05, 0.1) is 11.7 Å². The Hall–Kier alpha value is -2.89. The molecule has 0 radical (unpaired) electrons. The van der Waals surface area contributed by atoms with E-state index in [1.165, 1.54) is 47.1 Å². The van der Waals surface area contributed by atoms with Crippen molar-refractivity contribution in [1.82, 2.24) is 19.4 Å². The summed E-state index contributed by atoms with van der Waals surface area (Å²) in [5, 5.41) is 5.41. The minimum Gasteiger partial charge on any atom is -0.343 e. The molecule has 1 aromatic carbocycles. The summed E-state index contributed by atoms with van der Waals surface area (Å²) in [6, 6.07) is 6.84. The van der Waals surface area contributed by atoms with E-state index < -0.39 is 0 Å². The molecule has 2 aromatic heterocycles. The minimum atomic E-state index is -0.374. The Balaban J connectivity index is 0.00000205. The first-order chi connectivity index (χ1) is 13.8. The summed E-state index contributed by atoms with van der Waals surface area (Å²) in [6.45, 7) is 5.04. The second kappa shape index (κ2) is 7.85. The van der Waals surface area contributed by atoms with E-state index >= 15 is 0 Å². The molecule has 5 rings (SSSR count). The Bertz CT molecular complexity index is 1070. The first-order valence-corrected chi connectivity index (χ1v) is 9.92. The van der Waals surface area contributed by atoms with Crippen LogP contribution in [-0.4, -0.2) is 32.5 Å². The third-order valence-electron chi connectivity index (χ3n) is 6.17. The summed E-state index contributed by atoms with van der Waals surface area (Å²) < 4.78 is 2.37. The van der Waals surface area contributed by atoms with Crippen LogP contribution in [-0.2, 0) is 13.0 Å². The predicted octanol–water partition coefficient (Wildman–Crippen LogP) is 5.12. The lowest BCUT2D eigenvalue weighted by Gasteiger charge is -2.31. The molecular weight excluding hydrogens is 362 g/mol. The quantitative estimate of drug-likeness (QED) is 0.353. The Morgan fingerprint density at radius 3 is 3.00 bits per heavy atom. The molecule has 1 saturated heterocycles. The van der Waals surface area contributed by atoms with Crippen LogP contribution < -0.4 is 0 Å². The van der Waals surface area contributed by atoms with Gasteiger partial charge in [-0.3, -0.25) is 14.9 Å². The molecule has 0 bridgehead atoms. The van der Waals surface area contributed by atoms with Gasteiger partial charge < -0.3 is 4.57 Å². The molecule has 2 aliphatic heterocycles. The monoisotopic (exact) mass is 389 g/mol. The van der Waals surface area contributed by atoms with Crippen molar-refractivity contribution in [1.29, 1.82) is 0 Å². The molecule has 0 saturated carbocycles. The highest BCUT2D eigenvalue weighted by molar-refractivity contribution is 5.87. The van der Waals surface area contributed by atoms with Crippen LogP contribution in [0.2, 0.25) is 0 Å². The molecule has 3 aromatic rings. The number of fused-ring (bicyclic) bond motifs is 5. The van der Waals surface area contributed by atoms with E-state index in [4.69, 9.17) is 5.53 Å². The lowest BCUT2D eigenvalue weighted by molar-refractivity contribution is 0.241. The van der Waals surface area contributed by atoms with Gasteiger partial charge in [0.25, 0.3) is 0 Å². The second-order valence-electron chi connectivity index (χ2n) is 7.79. The van der Waals surface area contributed by atoms with Crippen LogP contribution in [0.5, 0.6) is 0 Å². The highest BCUT2D eigenvalue weighted by Gasteiger charge is 2.35. The zero-order chi connectivity index (χ0) is 19.1. The maximum absolute atomic E-state index is 9.13. The Morgan fingerprint density at radius 2 is 2.21 bits per heavy atom. The molecule has 0 spiro atoms. The molecule has 0 aliphatic carbocycles. The number of aryl methyl sites for hydroxylation is 1. The van der Waals surface area contributed by atoms with E-state index in [2.05, 4.69) is 54.6 Å². The topological polar surface area (TPSA) is 82.7 Å². The zero-order valence-corrected chi connectivity index (χ0v) is 16.0. The molecule has 0 amide bonds. The summed E-state index contributed by atoms with van der Waals surface area (Å²) in [4.78, 5) is 14.3. The smallest absolute Gasteiger partial charge is 0.0991 e. The van der Waals surface area contributed by atoms with Crippen LogP contribution in [0.25, 0.3) is 21.3 Å². The van der Waals surface area contributed by atoms with Crippen LogP contribution in [0.4, 0.5) is 0 Å². The highest BCUT2D eigenvalue weighted by atomic mass is 15.2. The number of hydrogen-bond acceptors (Lipinski definition) is 4. The van der Waals surface area contributed by atoms with Gasteiger partial charge in [-0.05, 0) is 49.5 Å². The second-order valence-corrected chi connectivity index (χ2v) is 7.79. The standard InChI is InChI=1S/C21H23N7.CH4/c1-14-4-5-18-15(11-14)21-19-3-2-9-27(19)10-6-20(21)28(18)13-17(25-26-22)16-12-23-7-8-24-16;/h4-5,7-8,11-12,17,19H,2-3,6,9-10,13H2,1H3;1H4. The summed E-state index contributed by atoms with van der Waals surface area (Å²) in [5.74, 6) is 0. The largest absolute Gasteiger partial charge is 0.343 e. The first-order valence-electron chi connectivity index (χ1n) is 9.92. The maximum atomic E-state index is 9.13. The fraction of sp³-hybridized carbons (Fsp3) is 0.455. The van der Waals surface area contributed by atoms with E-state index in [0.717, 1.165) is 13.0 Å². The molecule has 1 fully saturated rings. The van der Waals surface area contributed by atoms with Gasteiger partial charge >= 0.3 is 0 Å². The fourth-order valence-electron chi connectivity index (χ4n) is 4.97. The SMILES string of the molecule is C.Cc1ccc2c(c1)c1c(n2CC(N=[N+]=[N-])c2cnccn2)CCN2CCCC12. The average Bonchev–Trinajstić information content (AvgIpc) is 3.31.